The number of halogens is 1. The molecule has 0 atom stereocenters. The van der Waals surface area contributed by atoms with Crippen LogP contribution < -0.4 is 9.64 Å². The van der Waals surface area contributed by atoms with Crippen molar-refractivity contribution in [3.8, 4) is 5.75 Å². The number of ether oxygens (including phenoxy) is 1. The summed E-state index contributed by atoms with van der Waals surface area (Å²) in [5.74, 6) is 0.509. The van der Waals surface area contributed by atoms with E-state index in [-0.39, 0.29) is 12.5 Å². The van der Waals surface area contributed by atoms with Crippen molar-refractivity contribution in [2.75, 3.05) is 37.7 Å². The number of hydrogen-bond acceptors (Lipinski definition) is 5. The highest BCUT2D eigenvalue weighted by Gasteiger charge is 2.21. The summed E-state index contributed by atoms with van der Waals surface area (Å²) in [7, 11) is 0. The van der Waals surface area contributed by atoms with Crippen LogP contribution >= 0.6 is 22.9 Å². The van der Waals surface area contributed by atoms with Crippen molar-refractivity contribution in [1.82, 2.24) is 9.88 Å². The van der Waals surface area contributed by atoms with Crippen LogP contribution in [0.1, 0.15) is 19.4 Å². The Kier molecular flexibility index (Phi) is 7.47. The molecule has 29 heavy (non-hydrogen) atoms. The number of rotatable bonds is 9. The van der Waals surface area contributed by atoms with Crippen molar-refractivity contribution in [3.63, 3.8) is 0 Å². The predicted octanol–water partition coefficient (Wildman–Crippen LogP) is 5.01. The Labute approximate surface area is 180 Å². The average molecular weight is 432 g/mol. The van der Waals surface area contributed by atoms with Crippen molar-refractivity contribution >= 4 is 44.2 Å². The van der Waals surface area contributed by atoms with Gasteiger partial charge in [-0.2, -0.15) is 0 Å². The summed E-state index contributed by atoms with van der Waals surface area (Å²) in [5.41, 5.74) is 2.09. The first-order valence-electron chi connectivity index (χ1n) is 9.78. The minimum Gasteiger partial charge on any atom is -0.484 e. The number of amides is 1. The highest BCUT2D eigenvalue weighted by molar-refractivity contribution is 7.22. The highest BCUT2D eigenvalue weighted by atomic mass is 35.5. The van der Waals surface area contributed by atoms with E-state index in [1.54, 1.807) is 40.5 Å². The van der Waals surface area contributed by atoms with E-state index in [2.05, 4.69) is 31.7 Å². The van der Waals surface area contributed by atoms with Crippen molar-refractivity contribution in [2.24, 2.45) is 0 Å². The first kappa shape index (κ1) is 21.6. The molecule has 1 heterocycles. The third kappa shape index (κ3) is 5.69. The molecule has 0 unspecified atom stereocenters. The van der Waals surface area contributed by atoms with Crippen LogP contribution in [0.4, 0.5) is 5.13 Å². The number of fused-ring (bicyclic) bond motifs is 1. The van der Waals surface area contributed by atoms with Gasteiger partial charge in [-0.15, -0.1) is 0 Å². The fourth-order valence-corrected chi connectivity index (χ4v) is 4.23. The Balaban J connectivity index is 1.78. The minimum atomic E-state index is -0.108. The predicted molar refractivity (Wildman–Crippen MR) is 121 cm³/mol. The number of aryl methyl sites for hydroxylation is 1. The monoisotopic (exact) mass is 431 g/mol. The lowest BCUT2D eigenvalue weighted by Gasteiger charge is -2.24. The normalized spacial score (nSPS) is 11.2. The zero-order valence-corrected chi connectivity index (χ0v) is 18.6. The average Bonchev–Trinajstić information content (AvgIpc) is 3.13. The van der Waals surface area contributed by atoms with E-state index >= 15 is 0 Å². The van der Waals surface area contributed by atoms with Gasteiger partial charge >= 0.3 is 0 Å². The first-order valence-corrected chi connectivity index (χ1v) is 11.0. The van der Waals surface area contributed by atoms with Crippen LogP contribution in [-0.4, -0.2) is 48.6 Å². The molecule has 0 radical (unpaired) electrons. The second kappa shape index (κ2) is 10.1. The van der Waals surface area contributed by atoms with Gasteiger partial charge in [0, 0.05) is 18.1 Å². The topological polar surface area (TPSA) is 45.7 Å². The smallest absolute Gasteiger partial charge is 0.266 e. The van der Waals surface area contributed by atoms with Crippen LogP contribution in [0.2, 0.25) is 5.02 Å². The van der Waals surface area contributed by atoms with Crippen LogP contribution in [0.25, 0.3) is 10.2 Å². The van der Waals surface area contributed by atoms with E-state index < -0.39 is 0 Å². The number of benzene rings is 2. The number of anilines is 1. The number of thiazole rings is 1. The third-order valence-corrected chi connectivity index (χ3v) is 6.07. The van der Waals surface area contributed by atoms with Gasteiger partial charge in [-0.1, -0.05) is 42.9 Å². The Bertz CT molecular complexity index is 954. The van der Waals surface area contributed by atoms with Crippen LogP contribution in [-0.2, 0) is 4.79 Å². The van der Waals surface area contributed by atoms with Crippen LogP contribution in [0, 0.1) is 6.92 Å². The molecule has 0 saturated carbocycles. The zero-order valence-electron chi connectivity index (χ0n) is 17.0. The zero-order chi connectivity index (χ0) is 20.8. The number of nitrogens with zero attached hydrogens (tertiary/aromatic N) is 3. The summed E-state index contributed by atoms with van der Waals surface area (Å²) in [4.78, 5) is 21.8. The van der Waals surface area contributed by atoms with Crippen molar-refractivity contribution in [2.45, 2.75) is 20.8 Å². The summed E-state index contributed by atoms with van der Waals surface area (Å²) in [6.45, 7) is 9.51. The number of likely N-dealkylation sites (N-methyl/N-ethyl adjacent to an activating group) is 1. The van der Waals surface area contributed by atoms with Crippen LogP contribution in [0.3, 0.4) is 0 Å². The summed E-state index contributed by atoms with van der Waals surface area (Å²) >= 11 is 7.45. The van der Waals surface area contributed by atoms with E-state index in [0.717, 1.165) is 29.9 Å². The second-order valence-corrected chi connectivity index (χ2v) is 8.23. The van der Waals surface area contributed by atoms with Crippen molar-refractivity contribution in [1.29, 1.82) is 0 Å². The van der Waals surface area contributed by atoms with Crippen LogP contribution in [0.15, 0.2) is 42.5 Å². The Morgan fingerprint density at radius 2 is 1.83 bits per heavy atom. The molecule has 0 saturated heterocycles. The molecule has 7 heteroatoms. The molecule has 5 nitrogen and oxygen atoms in total. The van der Waals surface area contributed by atoms with Gasteiger partial charge in [0.2, 0.25) is 0 Å². The lowest BCUT2D eigenvalue weighted by atomic mass is 10.2. The van der Waals surface area contributed by atoms with E-state index in [4.69, 9.17) is 21.3 Å². The Morgan fingerprint density at radius 1 is 1.10 bits per heavy atom. The molecular formula is C22H26ClN3O2S. The molecule has 1 aromatic heterocycles. The van der Waals surface area contributed by atoms with Gasteiger partial charge < -0.3 is 9.64 Å². The maximum absolute atomic E-state index is 13.0. The minimum absolute atomic E-state index is 0.0468. The lowest BCUT2D eigenvalue weighted by molar-refractivity contribution is -0.120. The number of aromatic nitrogens is 1. The Morgan fingerprint density at radius 3 is 2.52 bits per heavy atom. The van der Waals surface area contributed by atoms with Gasteiger partial charge in [0.15, 0.2) is 11.7 Å². The first-order chi connectivity index (χ1) is 14.0. The molecule has 0 aliphatic rings. The number of hydrogen-bond donors (Lipinski definition) is 0. The van der Waals surface area contributed by atoms with Gasteiger partial charge in [-0.05, 0) is 62.0 Å². The van der Waals surface area contributed by atoms with Gasteiger partial charge in [0.1, 0.15) is 5.75 Å². The summed E-state index contributed by atoms with van der Waals surface area (Å²) in [5, 5.41) is 1.34. The molecule has 0 N–H and O–H groups in total. The largest absolute Gasteiger partial charge is 0.484 e. The fourth-order valence-electron chi connectivity index (χ4n) is 3.00. The van der Waals surface area contributed by atoms with E-state index in [0.29, 0.717) is 22.4 Å². The highest BCUT2D eigenvalue weighted by Crippen LogP contribution is 2.29. The van der Waals surface area contributed by atoms with E-state index in [9.17, 15) is 4.79 Å². The van der Waals surface area contributed by atoms with Crippen LogP contribution in [0.5, 0.6) is 5.75 Å². The third-order valence-electron chi connectivity index (χ3n) is 4.77. The molecular weight excluding hydrogens is 406 g/mol. The standard InChI is InChI=1S/C22H26ClN3O2S/c1-4-25(5-2)12-13-26(21(27)15-28-18-9-7-17(23)8-10-18)22-24-19-11-6-16(3)14-20(19)29-22/h6-11,14H,4-5,12-13,15H2,1-3H3. The lowest BCUT2D eigenvalue weighted by Crippen LogP contribution is -2.41. The van der Waals surface area contributed by atoms with Gasteiger partial charge in [0.25, 0.3) is 5.91 Å². The molecule has 3 rings (SSSR count). The molecule has 0 bridgehead atoms. The van der Waals surface area contributed by atoms with Gasteiger partial charge in [-0.3, -0.25) is 9.69 Å². The van der Waals surface area contributed by atoms with Gasteiger partial charge in [0.05, 0.1) is 10.2 Å². The van der Waals surface area contributed by atoms with Gasteiger partial charge in [-0.25, -0.2) is 4.98 Å². The summed E-state index contributed by atoms with van der Waals surface area (Å²) < 4.78 is 6.77. The fraction of sp³-hybridized carbons (Fsp3) is 0.364. The molecule has 0 aliphatic carbocycles. The Hall–Kier alpha value is -2.15. The quantitative estimate of drug-likeness (QED) is 0.477. The summed E-state index contributed by atoms with van der Waals surface area (Å²) in [6, 6.07) is 13.2. The number of carbonyl (C=O) groups excluding carboxylic acids is 1. The van der Waals surface area contributed by atoms with E-state index in [1.807, 2.05) is 12.1 Å². The summed E-state index contributed by atoms with van der Waals surface area (Å²) in [6.07, 6.45) is 0. The molecule has 3 aromatic rings. The molecule has 0 aliphatic heterocycles. The molecule has 0 fully saturated rings. The SMILES string of the molecule is CCN(CC)CCN(C(=O)COc1ccc(Cl)cc1)c1nc2ccc(C)cc2s1. The maximum atomic E-state index is 13.0. The molecule has 154 valence electrons. The second-order valence-electron chi connectivity index (χ2n) is 6.78. The molecule has 0 spiro atoms. The molecule has 2 aromatic carbocycles. The molecule has 1 amide bonds. The van der Waals surface area contributed by atoms with Crippen molar-refractivity contribution < 1.29 is 9.53 Å². The van der Waals surface area contributed by atoms with Crippen molar-refractivity contribution in [3.05, 3.63) is 53.1 Å². The number of carbonyl (C=O) groups is 1. The maximum Gasteiger partial charge on any atom is 0.266 e. The van der Waals surface area contributed by atoms with E-state index in [1.165, 1.54) is 5.56 Å².